The molecule has 4 N–H and O–H groups in total. The number of Topliss-reactive ketones (excluding diaryl/α,β-unsaturated/α-hetero) is 1. The standard InChI is InChI=1S/C9H10N2OS.C2H4O2/c10-9(11)13-6-8(12)7-4-2-1-3-5-7;1-2(3)4/h1-5H,6H2,(H3,10,11);1H3,(H,3,4). The molecule has 17 heavy (non-hydrogen) atoms. The van der Waals surface area contributed by atoms with Crippen LogP contribution in [0.3, 0.4) is 0 Å². The Labute approximate surface area is 104 Å². The molecule has 0 saturated heterocycles. The monoisotopic (exact) mass is 254 g/mol. The van der Waals surface area contributed by atoms with Crippen LogP contribution in [0.4, 0.5) is 0 Å². The first-order valence-corrected chi connectivity index (χ1v) is 5.66. The molecule has 0 bridgehead atoms. The number of amidine groups is 1. The zero-order valence-electron chi connectivity index (χ0n) is 9.34. The van der Waals surface area contributed by atoms with Gasteiger partial charge in [0.25, 0.3) is 5.97 Å². The summed E-state index contributed by atoms with van der Waals surface area (Å²) in [6.07, 6.45) is 0. The first kappa shape index (κ1) is 15.2. The summed E-state index contributed by atoms with van der Waals surface area (Å²) in [4.78, 5) is 20.4. The van der Waals surface area contributed by atoms with E-state index in [4.69, 9.17) is 21.0 Å². The second kappa shape index (κ2) is 8.35. The summed E-state index contributed by atoms with van der Waals surface area (Å²) in [5, 5.41) is 14.3. The highest BCUT2D eigenvalue weighted by Gasteiger charge is 2.04. The molecule has 0 aliphatic carbocycles. The van der Waals surface area contributed by atoms with Gasteiger partial charge in [-0.1, -0.05) is 42.1 Å². The van der Waals surface area contributed by atoms with E-state index >= 15 is 0 Å². The Kier molecular flexibility index (Phi) is 7.45. The van der Waals surface area contributed by atoms with Crippen LogP contribution in [0, 0.1) is 5.41 Å². The Bertz CT molecular complexity index is 389. The van der Waals surface area contributed by atoms with Crippen molar-refractivity contribution in [3.63, 3.8) is 0 Å². The molecule has 1 aromatic rings. The van der Waals surface area contributed by atoms with Crippen molar-refractivity contribution in [1.82, 2.24) is 0 Å². The third-order valence-corrected chi connectivity index (χ3v) is 2.17. The van der Waals surface area contributed by atoms with Gasteiger partial charge >= 0.3 is 0 Å². The predicted molar refractivity (Wildman–Crippen MR) is 68.5 cm³/mol. The second-order valence-corrected chi connectivity index (χ2v) is 3.98. The summed E-state index contributed by atoms with van der Waals surface area (Å²) in [5.74, 6) is -0.597. The number of ketones is 1. The highest BCUT2D eigenvalue weighted by Crippen LogP contribution is 2.05. The van der Waals surface area contributed by atoms with E-state index in [0.717, 1.165) is 18.7 Å². The minimum Gasteiger partial charge on any atom is -0.481 e. The number of thioether (sulfide) groups is 1. The van der Waals surface area contributed by atoms with Crippen molar-refractivity contribution in [2.45, 2.75) is 6.92 Å². The third kappa shape index (κ3) is 9.13. The summed E-state index contributed by atoms with van der Waals surface area (Å²) in [6, 6.07) is 8.98. The van der Waals surface area contributed by atoms with Gasteiger partial charge in [-0.15, -0.1) is 0 Å². The number of nitrogens with two attached hydrogens (primary N) is 1. The molecule has 6 heteroatoms. The smallest absolute Gasteiger partial charge is 0.300 e. The zero-order chi connectivity index (χ0) is 13.3. The third-order valence-electron chi connectivity index (χ3n) is 1.45. The van der Waals surface area contributed by atoms with Crippen molar-refractivity contribution < 1.29 is 14.7 Å². The number of aliphatic carboxylic acids is 1. The van der Waals surface area contributed by atoms with Gasteiger partial charge < -0.3 is 10.8 Å². The maximum atomic E-state index is 11.4. The zero-order valence-corrected chi connectivity index (χ0v) is 10.2. The first-order chi connectivity index (χ1) is 7.93. The number of carboxylic acids is 1. The van der Waals surface area contributed by atoms with E-state index < -0.39 is 5.97 Å². The lowest BCUT2D eigenvalue weighted by Crippen LogP contribution is -2.09. The summed E-state index contributed by atoms with van der Waals surface area (Å²) < 4.78 is 0. The van der Waals surface area contributed by atoms with Crippen LogP contribution in [0.15, 0.2) is 30.3 Å². The van der Waals surface area contributed by atoms with Crippen molar-refractivity contribution in [2.75, 3.05) is 5.75 Å². The molecule has 1 aromatic carbocycles. The summed E-state index contributed by atoms with van der Waals surface area (Å²) in [5.41, 5.74) is 5.78. The molecule has 0 aliphatic rings. The van der Waals surface area contributed by atoms with E-state index in [1.807, 2.05) is 18.2 Å². The highest BCUT2D eigenvalue weighted by atomic mass is 32.2. The molecule has 0 atom stereocenters. The van der Waals surface area contributed by atoms with Gasteiger partial charge in [0.2, 0.25) is 0 Å². The van der Waals surface area contributed by atoms with E-state index in [9.17, 15) is 4.79 Å². The Hall–Kier alpha value is -1.82. The van der Waals surface area contributed by atoms with Crippen LogP contribution >= 0.6 is 11.8 Å². The number of benzene rings is 1. The normalized spacial score (nSPS) is 8.76. The Morgan fingerprint density at radius 1 is 1.35 bits per heavy atom. The van der Waals surface area contributed by atoms with Gasteiger partial charge in [-0.25, -0.2) is 0 Å². The van der Waals surface area contributed by atoms with Gasteiger partial charge in [0.1, 0.15) is 0 Å². The van der Waals surface area contributed by atoms with Gasteiger partial charge in [-0.3, -0.25) is 15.0 Å². The Balaban J connectivity index is 0.000000557. The average molecular weight is 254 g/mol. The van der Waals surface area contributed by atoms with Crippen LogP contribution in [0.25, 0.3) is 0 Å². The second-order valence-electron chi connectivity index (χ2n) is 2.96. The molecular weight excluding hydrogens is 240 g/mol. The molecule has 0 amide bonds. The topological polar surface area (TPSA) is 104 Å². The largest absolute Gasteiger partial charge is 0.481 e. The molecule has 1 rings (SSSR count). The molecule has 0 heterocycles. The van der Waals surface area contributed by atoms with Gasteiger partial charge in [0, 0.05) is 12.5 Å². The first-order valence-electron chi connectivity index (χ1n) is 4.68. The lowest BCUT2D eigenvalue weighted by molar-refractivity contribution is -0.134. The molecule has 0 radical (unpaired) electrons. The average Bonchev–Trinajstić information content (AvgIpc) is 2.26. The van der Waals surface area contributed by atoms with Crippen molar-refractivity contribution in [3.8, 4) is 0 Å². The lowest BCUT2D eigenvalue weighted by atomic mass is 10.2. The molecule has 0 spiro atoms. The Morgan fingerprint density at radius 2 is 1.82 bits per heavy atom. The van der Waals surface area contributed by atoms with Crippen molar-refractivity contribution in [1.29, 1.82) is 5.41 Å². The fraction of sp³-hybridized carbons (Fsp3) is 0.182. The van der Waals surface area contributed by atoms with E-state index in [2.05, 4.69) is 0 Å². The number of carbonyl (C=O) groups excluding carboxylic acids is 1. The summed E-state index contributed by atoms with van der Waals surface area (Å²) in [6.45, 7) is 1.08. The van der Waals surface area contributed by atoms with E-state index in [0.29, 0.717) is 5.56 Å². The number of hydrogen-bond acceptors (Lipinski definition) is 4. The number of nitrogens with one attached hydrogen (secondary N) is 1. The van der Waals surface area contributed by atoms with E-state index in [1.54, 1.807) is 12.1 Å². The number of hydrogen-bond donors (Lipinski definition) is 3. The SMILES string of the molecule is CC(=O)O.N=C(N)SCC(=O)c1ccccc1. The summed E-state index contributed by atoms with van der Waals surface area (Å²) in [7, 11) is 0. The Morgan fingerprint density at radius 3 is 2.24 bits per heavy atom. The van der Waals surface area contributed by atoms with Crippen molar-refractivity contribution in [3.05, 3.63) is 35.9 Å². The van der Waals surface area contributed by atoms with Crippen LogP contribution in [-0.4, -0.2) is 27.8 Å². The molecule has 0 aromatic heterocycles. The minimum absolute atomic E-state index is 0.000741. The quantitative estimate of drug-likeness (QED) is 0.431. The number of carboxylic acid groups (broad SMARTS) is 1. The van der Waals surface area contributed by atoms with Crippen LogP contribution < -0.4 is 5.73 Å². The van der Waals surface area contributed by atoms with Gasteiger partial charge in [-0.05, 0) is 0 Å². The fourth-order valence-corrected chi connectivity index (χ4v) is 1.30. The molecule has 0 aliphatic heterocycles. The summed E-state index contributed by atoms with van der Waals surface area (Å²) >= 11 is 1.05. The molecule has 5 nitrogen and oxygen atoms in total. The van der Waals surface area contributed by atoms with Gasteiger partial charge in [-0.2, -0.15) is 0 Å². The van der Waals surface area contributed by atoms with Crippen LogP contribution in [0.2, 0.25) is 0 Å². The van der Waals surface area contributed by atoms with Crippen LogP contribution in [0.1, 0.15) is 17.3 Å². The fourth-order valence-electron chi connectivity index (χ4n) is 0.851. The maximum Gasteiger partial charge on any atom is 0.300 e. The number of carbonyl (C=O) groups is 2. The van der Waals surface area contributed by atoms with Crippen LogP contribution in [0.5, 0.6) is 0 Å². The minimum atomic E-state index is -0.833. The molecule has 92 valence electrons. The van der Waals surface area contributed by atoms with Crippen molar-refractivity contribution in [2.24, 2.45) is 5.73 Å². The van der Waals surface area contributed by atoms with E-state index in [-0.39, 0.29) is 16.7 Å². The molecule has 0 fully saturated rings. The molecule has 0 saturated carbocycles. The lowest BCUT2D eigenvalue weighted by Gasteiger charge is -1.98. The maximum absolute atomic E-state index is 11.4. The molecule has 0 unspecified atom stereocenters. The number of rotatable bonds is 3. The molecular formula is C11H14N2O3S. The van der Waals surface area contributed by atoms with Gasteiger partial charge in [0.15, 0.2) is 11.0 Å². The predicted octanol–water partition coefficient (Wildman–Crippen LogP) is 1.59. The highest BCUT2D eigenvalue weighted by molar-refractivity contribution is 8.14. The van der Waals surface area contributed by atoms with Crippen LogP contribution in [-0.2, 0) is 4.79 Å². The van der Waals surface area contributed by atoms with E-state index in [1.165, 1.54) is 0 Å². The van der Waals surface area contributed by atoms with Crippen molar-refractivity contribution >= 4 is 28.7 Å². The van der Waals surface area contributed by atoms with Gasteiger partial charge in [0.05, 0.1) is 5.75 Å².